The minimum absolute atomic E-state index is 0.314. The maximum Gasteiger partial charge on any atom is 0.573 e. The number of benzene rings is 1. The van der Waals surface area contributed by atoms with E-state index in [1.807, 2.05) is 4.72 Å². The monoisotopic (exact) mass is 312 g/mol. The van der Waals surface area contributed by atoms with E-state index in [9.17, 15) is 31.5 Å². The Labute approximate surface area is 112 Å². The topological polar surface area (TPSA) is 95.5 Å². The Balaban J connectivity index is 2.74. The van der Waals surface area contributed by atoms with E-state index in [-0.39, 0.29) is 11.4 Å². The van der Waals surface area contributed by atoms with Crippen molar-refractivity contribution in [3.8, 4) is 5.75 Å². The third-order valence-corrected chi connectivity index (χ3v) is 3.47. The van der Waals surface area contributed by atoms with Gasteiger partial charge in [0.2, 0.25) is 10.0 Å². The molecule has 0 unspecified atom stereocenters. The zero-order valence-electron chi connectivity index (χ0n) is 9.81. The van der Waals surface area contributed by atoms with Crippen LogP contribution in [0.2, 0.25) is 0 Å². The van der Waals surface area contributed by atoms with Crippen LogP contribution in [0.4, 0.5) is 13.2 Å². The Morgan fingerprint density at radius 1 is 1.25 bits per heavy atom. The molecule has 0 heterocycles. The molecule has 0 fully saturated rings. The summed E-state index contributed by atoms with van der Waals surface area (Å²) in [7, 11) is -3.99. The van der Waals surface area contributed by atoms with Crippen molar-refractivity contribution in [1.29, 1.82) is 0 Å². The number of hydrogen-bond donors (Lipinski definition) is 1. The number of carbonyl (C=O) groups is 1. The van der Waals surface area contributed by atoms with Crippen LogP contribution in [0.5, 0.6) is 5.75 Å². The number of carboxylic acids is 1. The Morgan fingerprint density at radius 2 is 1.80 bits per heavy atom. The van der Waals surface area contributed by atoms with Crippen LogP contribution in [-0.2, 0) is 14.8 Å². The van der Waals surface area contributed by atoms with Gasteiger partial charge in [-0.25, -0.2) is 13.1 Å². The van der Waals surface area contributed by atoms with Gasteiger partial charge in [0.05, 0.1) is 4.90 Å². The molecular weight excluding hydrogens is 303 g/mol. The van der Waals surface area contributed by atoms with Gasteiger partial charge in [0.25, 0.3) is 0 Å². The third-order valence-electron chi connectivity index (χ3n) is 1.99. The van der Waals surface area contributed by atoms with Gasteiger partial charge in [0.1, 0.15) is 5.75 Å². The van der Waals surface area contributed by atoms with Gasteiger partial charge < -0.3 is 14.6 Å². The molecule has 0 radical (unpaired) electrons. The van der Waals surface area contributed by atoms with Crippen LogP contribution in [0.25, 0.3) is 0 Å². The number of carbonyl (C=O) groups excluding carboxylic acids is 1. The molecule has 0 aliphatic heterocycles. The lowest BCUT2D eigenvalue weighted by Gasteiger charge is -2.10. The van der Waals surface area contributed by atoms with Crippen molar-refractivity contribution in [2.45, 2.75) is 17.7 Å². The van der Waals surface area contributed by atoms with Crippen LogP contribution >= 0.6 is 0 Å². The van der Waals surface area contributed by atoms with Crippen molar-refractivity contribution in [3.05, 3.63) is 24.3 Å². The maximum atomic E-state index is 11.9. The van der Waals surface area contributed by atoms with E-state index in [0.29, 0.717) is 0 Å². The Kier molecular flexibility index (Phi) is 4.95. The minimum atomic E-state index is -4.87. The van der Waals surface area contributed by atoms with Crippen LogP contribution in [0.1, 0.15) is 6.42 Å². The van der Waals surface area contributed by atoms with Gasteiger partial charge >= 0.3 is 6.36 Å². The summed E-state index contributed by atoms with van der Waals surface area (Å²) in [5, 5.41) is 10.1. The molecule has 1 N–H and O–H groups in total. The molecule has 0 spiro atoms. The number of ether oxygens (including phenoxy) is 1. The number of aliphatic carboxylic acids is 1. The number of alkyl halides is 3. The first-order valence-corrected chi connectivity index (χ1v) is 6.64. The van der Waals surface area contributed by atoms with Crippen LogP contribution in [0.15, 0.2) is 29.2 Å². The van der Waals surface area contributed by atoms with Crippen molar-refractivity contribution in [3.63, 3.8) is 0 Å². The quantitative estimate of drug-likeness (QED) is 0.798. The summed E-state index contributed by atoms with van der Waals surface area (Å²) in [5.74, 6) is -1.99. The number of halogens is 3. The molecule has 1 aromatic rings. The first-order chi connectivity index (χ1) is 9.10. The number of hydrogen-bond acceptors (Lipinski definition) is 5. The Bertz CT molecular complexity index is 568. The van der Waals surface area contributed by atoms with Gasteiger partial charge in [0, 0.05) is 18.9 Å². The highest BCUT2D eigenvalue weighted by Crippen LogP contribution is 2.23. The fraction of sp³-hybridized carbons (Fsp3) is 0.300. The molecule has 10 heteroatoms. The van der Waals surface area contributed by atoms with Crippen molar-refractivity contribution >= 4 is 16.0 Å². The lowest BCUT2D eigenvalue weighted by atomic mass is 10.3. The fourth-order valence-electron chi connectivity index (χ4n) is 1.19. The summed E-state index contributed by atoms with van der Waals surface area (Å²) in [6, 6.07) is 3.48. The molecule has 0 aliphatic carbocycles. The summed E-state index contributed by atoms with van der Waals surface area (Å²) in [5.41, 5.74) is 0. The molecule has 0 atom stereocenters. The van der Waals surface area contributed by atoms with E-state index in [2.05, 4.69) is 4.74 Å². The van der Waals surface area contributed by atoms with Crippen LogP contribution in [-0.4, -0.2) is 27.3 Å². The van der Waals surface area contributed by atoms with E-state index < -0.39 is 34.5 Å². The summed E-state index contributed by atoms with van der Waals surface area (Å²) < 4.78 is 64.5. The highest BCUT2D eigenvalue weighted by molar-refractivity contribution is 7.89. The third kappa shape index (κ3) is 5.45. The van der Waals surface area contributed by atoms with E-state index in [1.165, 1.54) is 0 Å². The molecule has 0 amide bonds. The molecule has 0 aromatic heterocycles. The second-order valence-corrected chi connectivity index (χ2v) is 5.31. The number of nitrogens with one attached hydrogen (secondary N) is 1. The van der Waals surface area contributed by atoms with Crippen molar-refractivity contribution in [2.24, 2.45) is 0 Å². The summed E-state index contributed by atoms with van der Waals surface area (Å²) in [6.45, 7) is -0.383. The summed E-state index contributed by atoms with van der Waals surface area (Å²) in [6.07, 6.45) is -5.39. The van der Waals surface area contributed by atoms with Gasteiger partial charge in [-0.1, -0.05) is 0 Å². The second kappa shape index (κ2) is 6.09. The molecule has 1 rings (SSSR count). The summed E-state index contributed by atoms with van der Waals surface area (Å²) in [4.78, 5) is 9.82. The van der Waals surface area contributed by atoms with E-state index in [4.69, 9.17) is 0 Å². The SMILES string of the molecule is O=C([O-])CCNS(=O)(=O)c1ccc(OC(F)(F)F)cc1. The maximum absolute atomic E-state index is 11.9. The summed E-state index contributed by atoms with van der Waals surface area (Å²) >= 11 is 0. The molecule has 112 valence electrons. The average Bonchev–Trinajstić information content (AvgIpc) is 2.26. The molecule has 1 aromatic carbocycles. The van der Waals surface area contributed by atoms with Gasteiger partial charge in [-0.15, -0.1) is 13.2 Å². The molecule has 0 aliphatic rings. The molecule has 0 saturated carbocycles. The largest absolute Gasteiger partial charge is 0.573 e. The van der Waals surface area contributed by atoms with Crippen LogP contribution < -0.4 is 14.6 Å². The zero-order valence-corrected chi connectivity index (χ0v) is 10.6. The number of rotatable bonds is 6. The first-order valence-electron chi connectivity index (χ1n) is 5.15. The van der Waals surface area contributed by atoms with Crippen LogP contribution in [0.3, 0.4) is 0 Å². The van der Waals surface area contributed by atoms with E-state index in [1.54, 1.807) is 0 Å². The molecule has 20 heavy (non-hydrogen) atoms. The highest BCUT2D eigenvalue weighted by atomic mass is 32.2. The van der Waals surface area contributed by atoms with Gasteiger partial charge in [-0.05, 0) is 24.3 Å². The minimum Gasteiger partial charge on any atom is -0.550 e. The van der Waals surface area contributed by atoms with Crippen molar-refractivity contribution in [1.82, 2.24) is 4.72 Å². The van der Waals surface area contributed by atoms with Crippen LogP contribution in [0, 0.1) is 0 Å². The lowest BCUT2D eigenvalue weighted by molar-refractivity contribution is -0.305. The predicted molar refractivity (Wildman–Crippen MR) is 57.9 cm³/mol. The Morgan fingerprint density at radius 3 is 2.25 bits per heavy atom. The molecule has 0 bridgehead atoms. The van der Waals surface area contributed by atoms with Crippen molar-refractivity contribution < 1.29 is 36.2 Å². The first kappa shape index (κ1) is 16.2. The predicted octanol–water partition coefficient (Wildman–Crippen LogP) is 0.00350. The van der Waals surface area contributed by atoms with E-state index >= 15 is 0 Å². The van der Waals surface area contributed by atoms with Gasteiger partial charge in [-0.3, -0.25) is 0 Å². The molecule has 6 nitrogen and oxygen atoms in total. The standard InChI is InChI=1S/C10H10F3NO5S/c11-10(12,13)19-7-1-3-8(4-2-7)20(17,18)14-6-5-9(15)16/h1-4,14H,5-6H2,(H,15,16)/p-1. The zero-order chi connectivity index (χ0) is 15.4. The highest BCUT2D eigenvalue weighted by Gasteiger charge is 2.31. The van der Waals surface area contributed by atoms with Gasteiger partial charge in [-0.2, -0.15) is 0 Å². The number of sulfonamides is 1. The normalized spacial score (nSPS) is 12.2. The number of carboxylic acid groups (broad SMARTS) is 1. The molecular formula is C10H9F3NO5S-. The Hall–Kier alpha value is -1.81. The van der Waals surface area contributed by atoms with Gasteiger partial charge in [0.15, 0.2) is 0 Å². The smallest absolute Gasteiger partial charge is 0.550 e. The fourth-order valence-corrected chi connectivity index (χ4v) is 2.22. The second-order valence-electron chi connectivity index (χ2n) is 3.54. The average molecular weight is 312 g/mol. The lowest BCUT2D eigenvalue weighted by Crippen LogP contribution is -2.31. The van der Waals surface area contributed by atoms with E-state index in [0.717, 1.165) is 24.3 Å². The van der Waals surface area contributed by atoms with Crippen molar-refractivity contribution in [2.75, 3.05) is 6.54 Å². The molecule has 0 saturated heterocycles.